The van der Waals surface area contributed by atoms with Crippen molar-refractivity contribution in [2.24, 2.45) is 0 Å². The van der Waals surface area contributed by atoms with E-state index in [4.69, 9.17) is 4.74 Å². The molecule has 0 unspecified atom stereocenters. The van der Waals surface area contributed by atoms with Gasteiger partial charge >= 0.3 is 0 Å². The predicted molar refractivity (Wildman–Crippen MR) is 98.7 cm³/mol. The minimum Gasteiger partial charge on any atom is -0.544 e. The normalized spacial score (nSPS) is 15.3. The van der Waals surface area contributed by atoms with Gasteiger partial charge in [0.15, 0.2) is 0 Å². The van der Waals surface area contributed by atoms with Crippen LogP contribution in [0.2, 0.25) is 0 Å². The Balaban J connectivity index is 1.72. The number of aromatic nitrogens is 3. The first-order valence-electron chi connectivity index (χ1n) is 8.60. The molecule has 0 aliphatic carbocycles. The van der Waals surface area contributed by atoms with Crippen LogP contribution in [0, 0.1) is 0 Å². The van der Waals surface area contributed by atoms with E-state index in [1.165, 1.54) is 0 Å². The van der Waals surface area contributed by atoms with Gasteiger partial charge in [-0.25, -0.2) is 4.98 Å². The second-order valence-corrected chi connectivity index (χ2v) is 6.91. The number of carboxylic acids is 1. The number of aromatic amines is 1. The molecule has 1 aliphatic rings. The molecule has 8 heteroatoms. The summed E-state index contributed by atoms with van der Waals surface area (Å²) < 4.78 is 5.36. The number of H-pyrrole nitrogens is 1. The van der Waals surface area contributed by atoms with Crippen molar-refractivity contribution in [3.8, 4) is 0 Å². The maximum absolute atomic E-state index is 11.5. The molecule has 1 fully saturated rings. The lowest BCUT2D eigenvalue weighted by atomic mass is 10.1. The smallest absolute Gasteiger partial charge is 0.213 e. The average Bonchev–Trinajstić information content (AvgIpc) is 3.10. The monoisotopic (exact) mass is 373 g/mol. The van der Waals surface area contributed by atoms with Crippen LogP contribution in [-0.4, -0.2) is 47.5 Å². The molecule has 1 aromatic heterocycles. The Bertz CT molecular complexity index is 767. The highest BCUT2D eigenvalue weighted by Crippen LogP contribution is 2.26. The summed E-state index contributed by atoms with van der Waals surface area (Å²) in [6, 6.07) is 7.77. The molecule has 0 amide bonds. The third-order valence-corrected chi connectivity index (χ3v) is 4.84. The zero-order valence-electron chi connectivity index (χ0n) is 14.6. The van der Waals surface area contributed by atoms with Crippen LogP contribution >= 0.6 is 11.8 Å². The molecule has 3 rings (SSSR count). The number of nitrogens with zero attached hydrogens (tertiary/aromatic N) is 3. The number of morpholine rings is 1. The van der Waals surface area contributed by atoms with Gasteiger partial charge in [0.25, 0.3) is 0 Å². The number of aliphatic carboxylic acids is 1. The van der Waals surface area contributed by atoms with Crippen molar-refractivity contribution in [2.45, 2.75) is 24.9 Å². The Morgan fingerprint density at radius 1 is 1.35 bits per heavy atom. The summed E-state index contributed by atoms with van der Waals surface area (Å²) in [5.74, 6) is -0.489. The van der Waals surface area contributed by atoms with Gasteiger partial charge in [0.1, 0.15) is 5.82 Å². The number of aryl methyl sites for hydroxylation is 1. The Labute approximate surface area is 156 Å². The van der Waals surface area contributed by atoms with Gasteiger partial charge in [-0.3, -0.25) is 5.10 Å². The molecule has 1 aromatic carbocycles. The average molecular weight is 373 g/mol. The van der Waals surface area contributed by atoms with Crippen LogP contribution in [-0.2, 0) is 16.0 Å². The van der Waals surface area contributed by atoms with E-state index in [2.05, 4.69) is 20.1 Å². The number of hydrogen-bond acceptors (Lipinski definition) is 7. The highest BCUT2D eigenvalue weighted by molar-refractivity contribution is 8.04. The number of nitrogens with one attached hydrogen (secondary N) is 1. The van der Waals surface area contributed by atoms with Crippen molar-refractivity contribution < 1.29 is 14.6 Å². The minimum absolute atomic E-state index is 0.0752. The van der Waals surface area contributed by atoms with Gasteiger partial charge in [0.05, 0.1) is 19.2 Å². The third-order valence-electron chi connectivity index (χ3n) is 3.97. The fourth-order valence-corrected chi connectivity index (χ4v) is 3.38. The summed E-state index contributed by atoms with van der Waals surface area (Å²) in [5, 5.41) is 18.7. The van der Waals surface area contributed by atoms with E-state index in [9.17, 15) is 9.90 Å². The molecule has 0 bridgehead atoms. The van der Waals surface area contributed by atoms with E-state index < -0.39 is 5.97 Å². The van der Waals surface area contributed by atoms with Gasteiger partial charge in [-0.05, 0) is 42.0 Å². The molecule has 1 saturated heterocycles. The molecule has 138 valence electrons. The molecule has 1 aliphatic heterocycles. The Morgan fingerprint density at radius 3 is 2.73 bits per heavy atom. The summed E-state index contributed by atoms with van der Waals surface area (Å²) >= 11 is 0.989. The molecule has 0 atom stereocenters. The van der Waals surface area contributed by atoms with E-state index in [-0.39, 0.29) is 4.91 Å². The summed E-state index contributed by atoms with van der Waals surface area (Å²) in [6.07, 6.45) is 3.30. The largest absolute Gasteiger partial charge is 0.544 e. The molecule has 7 nitrogen and oxygen atoms in total. The topological polar surface area (TPSA) is 94.2 Å². The number of hydrogen-bond donors (Lipinski definition) is 1. The van der Waals surface area contributed by atoms with E-state index in [1.807, 2.05) is 31.2 Å². The van der Waals surface area contributed by atoms with Gasteiger partial charge in [-0.15, -0.1) is 5.10 Å². The standard InChI is InChI=1S/C18H22N4O3S/c1-2-3-16-19-18(21-20-16)26-15(17(23)24)12-13-4-6-14(7-5-13)22-8-10-25-11-9-22/h4-7,12H,2-3,8-11H2,1H3,(H,23,24)(H,19,20,21)/p-1/b15-12+. The summed E-state index contributed by atoms with van der Waals surface area (Å²) in [7, 11) is 0. The van der Waals surface area contributed by atoms with Crippen molar-refractivity contribution in [1.82, 2.24) is 15.2 Å². The van der Waals surface area contributed by atoms with Crippen LogP contribution < -0.4 is 10.0 Å². The summed E-state index contributed by atoms with van der Waals surface area (Å²) in [5.41, 5.74) is 1.89. The maximum atomic E-state index is 11.5. The molecule has 0 saturated carbocycles. The Morgan fingerprint density at radius 2 is 2.08 bits per heavy atom. The van der Waals surface area contributed by atoms with Crippen molar-refractivity contribution in [3.63, 3.8) is 0 Å². The number of rotatable bonds is 7. The highest BCUT2D eigenvalue weighted by Gasteiger charge is 2.11. The van der Waals surface area contributed by atoms with Crippen molar-refractivity contribution in [2.75, 3.05) is 31.2 Å². The quantitative estimate of drug-likeness (QED) is 0.580. The SMILES string of the molecule is CCCc1nc(S/C(=C/c2ccc(N3CCOCC3)cc2)C(=O)[O-])n[nH]1. The maximum Gasteiger partial charge on any atom is 0.213 e. The first kappa shape index (κ1) is 18.5. The second-order valence-electron chi connectivity index (χ2n) is 5.90. The molecule has 1 N–H and O–H groups in total. The number of carbonyl (C=O) groups excluding carboxylic acids is 1. The number of thioether (sulfide) groups is 1. The molecule has 2 heterocycles. The van der Waals surface area contributed by atoms with E-state index in [0.717, 1.165) is 68.0 Å². The third kappa shape index (κ3) is 4.86. The zero-order chi connectivity index (χ0) is 18.4. The summed E-state index contributed by atoms with van der Waals surface area (Å²) in [6.45, 7) is 5.22. The van der Waals surface area contributed by atoms with E-state index in [0.29, 0.717) is 5.16 Å². The molecule has 2 aromatic rings. The number of carboxylic acid groups (broad SMARTS) is 1. The van der Waals surface area contributed by atoms with Crippen LogP contribution in [0.3, 0.4) is 0 Å². The molecule has 0 spiro atoms. The molecule has 26 heavy (non-hydrogen) atoms. The van der Waals surface area contributed by atoms with Gasteiger partial charge in [-0.1, -0.05) is 19.1 Å². The van der Waals surface area contributed by atoms with Crippen LogP contribution in [0.1, 0.15) is 24.7 Å². The lowest BCUT2D eigenvalue weighted by molar-refractivity contribution is -0.297. The van der Waals surface area contributed by atoms with Crippen LogP contribution in [0.25, 0.3) is 6.08 Å². The second kappa shape index (κ2) is 8.86. The fourth-order valence-electron chi connectivity index (χ4n) is 2.65. The van der Waals surface area contributed by atoms with Crippen LogP contribution in [0.5, 0.6) is 0 Å². The molecule has 0 radical (unpaired) electrons. The van der Waals surface area contributed by atoms with Crippen molar-refractivity contribution >= 4 is 29.5 Å². The van der Waals surface area contributed by atoms with Gasteiger partial charge in [0.2, 0.25) is 5.16 Å². The fraction of sp³-hybridized carbons (Fsp3) is 0.389. The Hall–Kier alpha value is -2.32. The lowest BCUT2D eigenvalue weighted by Crippen LogP contribution is -2.36. The number of ether oxygens (including phenoxy) is 1. The molecular weight excluding hydrogens is 352 g/mol. The zero-order valence-corrected chi connectivity index (χ0v) is 15.4. The van der Waals surface area contributed by atoms with Crippen LogP contribution in [0.4, 0.5) is 5.69 Å². The number of carbonyl (C=O) groups is 1. The number of benzene rings is 1. The molecular formula is C18H21N4O3S-. The first-order chi connectivity index (χ1) is 12.7. The lowest BCUT2D eigenvalue weighted by Gasteiger charge is -2.28. The highest BCUT2D eigenvalue weighted by atomic mass is 32.2. The predicted octanol–water partition coefficient (Wildman–Crippen LogP) is 1.48. The van der Waals surface area contributed by atoms with Gasteiger partial charge in [0, 0.05) is 30.1 Å². The summed E-state index contributed by atoms with van der Waals surface area (Å²) in [4.78, 5) is 18.1. The van der Waals surface area contributed by atoms with Crippen LogP contribution in [0.15, 0.2) is 34.3 Å². The van der Waals surface area contributed by atoms with Crippen molar-refractivity contribution in [3.05, 3.63) is 40.6 Å². The Kier molecular flexibility index (Phi) is 6.30. The van der Waals surface area contributed by atoms with Gasteiger partial charge < -0.3 is 19.5 Å². The minimum atomic E-state index is -1.24. The van der Waals surface area contributed by atoms with E-state index >= 15 is 0 Å². The van der Waals surface area contributed by atoms with Crippen molar-refractivity contribution in [1.29, 1.82) is 0 Å². The van der Waals surface area contributed by atoms with E-state index in [1.54, 1.807) is 6.08 Å². The first-order valence-corrected chi connectivity index (χ1v) is 9.42. The van der Waals surface area contributed by atoms with Gasteiger partial charge in [-0.2, -0.15) is 0 Å². The number of anilines is 1.